The van der Waals surface area contributed by atoms with E-state index < -0.39 is 16.7 Å². The maximum absolute atomic E-state index is 12.2. The summed E-state index contributed by atoms with van der Waals surface area (Å²) in [5, 5.41) is 26.3. The molecule has 0 aliphatic heterocycles. The van der Waals surface area contributed by atoms with Gasteiger partial charge in [-0.05, 0) is 42.5 Å². The second-order valence-electron chi connectivity index (χ2n) is 6.65. The van der Waals surface area contributed by atoms with Crippen LogP contribution >= 0.6 is 0 Å². The van der Waals surface area contributed by atoms with Crippen LogP contribution in [0, 0.1) is 10.1 Å². The molecular weight excluding hydrogens is 414 g/mol. The number of fused-ring (bicyclic) bond motifs is 1. The van der Waals surface area contributed by atoms with E-state index in [0.29, 0.717) is 28.5 Å². The predicted molar refractivity (Wildman–Crippen MR) is 113 cm³/mol. The standard InChI is InChI=1S/C21H13N7O4/c29-21(17-9-11-19(32-17)28(30)31)23-14-6-4-13(5-7-14)15-8-10-18-24-25-20(27(18)26-15)16-3-1-2-12-22-16/h1-12H,(H,23,29). The molecule has 0 fully saturated rings. The summed E-state index contributed by atoms with van der Waals surface area (Å²) in [6.07, 6.45) is 1.67. The van der Waals surface area contributed by atoms with Gasteiger partial charge in [0.15, 0.2) is 11.4 Å². The Morgan fingerprint density at radius 1 is 0.969 bits per heavy atom. The summed E-state index contributed by atoms with van der Waals surface area (Å²) in [6.45, 7) is 0. The van der Waals surface area contributed by atoms with Crippen LogP contribution in [0.25, 0.3) is 28.4 Å². The van der Waals surface area contributed by atoms with Crippen molar-refractivity contribution in [3.05, 3.63) is 88.8 Å². The van der Waals surface area contributed by atoms with E-state index >= 15 is 0 Å². The van der Waals surface area contributed by atoms with Gasteiger partial charge in [0, 0.05) is 17.4 Å². The lowest BCUT2D eigenvalue weighted by Gasteiger charge is -2.06. The van der Waals surface area contributed by atoms with Gasteiger partial charge >= 0.3 is 5.88 Å². The highest BCUT2D eigenvalue weighted by atomic mass is 16.6. The molecule has 11 nitrogen and oxygen atoms in total. The van der Waals surface area contributed by atoms with E-state index in [-0.39, 0.29) is 5.76 Å². The largest absolute Gasteiger partial charge is 0.433 e. The summed E-state index contributed by atoms with van der Waals surface area (Å²) < 4.78 is 6.53. The van der Waals surface area contributed by atoms with Gasteiger partial charge < -0.3 is 9.73 Å². The molecule has 0 atom stereocenters. The molecule has 0 radical (unpaired) electrons. The van der Waals surface area contributed by atoms with Crippen molar-refractivity contribution in [3.63, 3.8) is 0 Å². The number of aromatic nitrogens is 5. The van der Waals surface area contributed by atoms with Crippen LogP contribution in [0.15, 0.2) is 77.3 Å². The Labute approximate surface area is 179 Å². The number of hydrogen-bond acceptors (Lipinski definition) is 8. The van der Waals surface area contributed by atoms with Crippen LogP contribution in [0.2, 0.25) is 0 Å². The number of nitrogens with one attached hydrogen (secondary N) is 1. The molecule has 1 amide bonds. The number of rotatable bonds is 5. The fourth-order valence-electron chi connectivity index (χ4n) is 3.06. The smallest absolute Gasteiger partial charge is 0.395 e. The van der Waals surface area contributed by atoms with Gasteiger partial charge in [-0.15, -0.1) is 10.2 Å². The summed E-state index contributed by atoms with van der Waals surface area (Å²) in [5.41, 5.74) is 3.22. The van der Waals surface area contributed by atoms with Crippen LogP contribution in [-0.2, 0) is 0 Å². The molecular formula is C21H13N7O4. The lowest BCUT2D eigenvalue weighted by molar-refractivity contribution is -0.402. The first-order chi connectivity index (χ1) is 15.6. The number of carbonyl (C=O) groups excluding carboxylic acids is 1. The van der Waals surface area contributed by atoms with Crippen LogP contribution in [0.5, 0.6) is 0 Å². The summed E-state index contributed by atoms with van der Waals surface area (Å²) in [5.74, 6) is -0.706. The maximum Gasteiger partial charge on any atom is 0.433 e. The molecule has 4 aromatic heterocycles. The lowest BCUT2D eigenvalue weighted by atomic mass is 10.1. The molecule has 4 heterocycles. The molecule has 0 saturated heterocycles. The second-order valence-corrected chi connectivity index (χ2v) is 6.65. The van der Waals surface area contributed by atoms with E-state index in [1.54, 1.807) is 41.0 Å². The fourth-order valence-corrected chi connectivity index (χ4v) is 3.06. The van der Waals surface area contributed by atoms with Gasteiger partial charge in [0.2, 0.25) is 5.82 Å². The van der Waals surface area contributed by atoms with Crippen LogP contribution in [0.4, 0.5) is 11.6 Å². The number of benzene rings is 1. The van der Waals surface area contributed by atoms with Crippen LogP contribution in [0.1, 0.15) is 10.6 Å². The van der Waals surface area contributed by atoms with Crippen molar-refractivity contribution >= 4 is 23.1 Å². The number of hydrogen-bond donors (Lipinski definition) is 1. The minimum atomic E-state index is -0.704. The predicted octanol–water partition coefficient (Wildman–Crippen LogP) is 3.61. The lowest BCUT2D eigenvalue weighted by Crippen LogP contribution is -2.10. The van der Waals surface area contributed by atoms with E-state index in [2.05, 4.69) is 25.6 Å². The zero-order valence-electron chi connectivity index (χ0n) is 16.2. The van der Waals surface area contributed by atoms with Crippen molar-refractivity contribution in [2.75, 3.05) is 5.32 Å². The molecule has 32 heavy (non-hydrogen) atoms. The molecule has 11 heteroatoms. The second kappa shape index (κ2) is 7.72. The van der Waals surface area contributed by atoms with E-state index in [1.165, 1.54) is 6.07 Å². The van der Waals surface area contributed by atoms with Gasteiger partial charge in [0.05, 0.1) is 11.8 Å². The number of amides is 1. The first-order valence-corrected chi connectivity index (χ1v) is 9.38. The van der Waals surface area contributed by atoms with Crippen LogP contribution in [0.3, 0.4) is 0 Å². The minimum absolute atomic E-state index is 0.150. The Balaban J connectivity index is 1.38. The number of carbonyl (C=O) groups is 1. The zero-order chi connectivity index (χ0) is 22.1. The van der Waals surface area contributed by atoms with Gasteiger partial charge in [0.1, 0.15) is 10.6 Å². The van der Waals surface area contributed by atoms with Crippen molar-refractivity contribution < 1.29 is 14.1 Å². The normalized spacial score (nSPS) is 10.9. The van der Waals surface area contributed by atoms with E-state index in [9.17, 15) is 14.9 Å². The highest BCUT2D eigenvalue weighted by Crippen LogP contribution is 2.23. The van der Waals surface area contributed by atoms with E-state index in [0.717, 1.165) is 11.6 Å². The van der Waals surface area contributed by atoms with Crippen molar-refractivity contribution in [2.24, 2.45) is 0 Å². The number of anilines is 1. The molecule has 0 spiro atoms. The van der Waals surface area contributed by atoms with Crippen LogP contribution < -0.4 is 5.32 Å². The monoisotopic (exact) mass is 427 g/mol. The number of furan rings is 1. The Bertz CT molecular complexity index is 1440. The van der Waals surface area contributed by atoms with Gasteiger partial charge in [0.25, 0.3) is 5.91 Å². The summed E-state index contributed by atoms with van der Waals surface area (Å²) in [7, 11) is 0. The molecule has 0 saturated carbocycles. The summed E-state index contributed by atoms with van der Waals surface area (Å²) in [6, 6.07) is 18.5. The van der Waals surface area contributed by atoms with Gasteiger partial charge in [-0.25, -0.2) is 0 Å². The van der Waals surface area contributed by atoms with Gasteiger partial charge in [-0.3, -0.25) is 19.9 Å². The maximum atomic E-state index is 12.2. The highest BCUT2D eigenvalue weighted by Gasteiger charge is 2.17. The van der Waals surface area contributed by atoms with Crippen molar-refractivity contribution in [1.29, 1.82) is 0 Å². The number of pyridine rings is 1. The molecule has 0 aliphatic carbocycles. The molecule has 1 aromatic carbocycles. The topological polar surface area (TPSA) is 141 Å². The van der Waals surface area contributed by atoms with Gasteiger partial charge in [-0.1, -0.05) is 18.2 Å². The van der Waals surface area contributed by atoms with Gasteiger partial charge in [-0.2, -0.15) is 9.61 Å². The first kappa shape index (κ1) is 19.1. The average Bonchev–Trinajstić information content (AvgIpc) is 3.48. The molecule has 1 N–H and O–H groups in total. The molecule has 0 bridgehead atoms. The zero-order valence-corrected chi connectivity index (χ0v) is 16.2. The molecule has 156 valence electrons. The Hall–Kier alpha value is -4.93. The molecule has 0 unspecified atom stereocenters. The average molecular weight is 427 g/mol. The van der Waals surface area contributed by atoms with Crippen molar-refractivity contribution in [1.82, 2.24) is 24.8 Å². The number of nitro groups is 1. The third-order valence-electron chi connectivity index (χ3n) is 4.59. The SMILES string of the molecule is O=C(Nc1ccc(-c2ccc3nnc(-c4ccccn4)n3n2)cc1)c1ccc([N+](=O)[O-])o1. The Morgan fingerprint density at radius 2 is 1.81 bits per heavy atom. The van der Waals surface area contributed by atoms with E-state index in [1.807, 2.05) is 24.3 Å². The van der Waals surface area contributed by atoms with Crippen molar-refractivity contribution in [3.8, 4) is 22.8 Å². The Kier molecular flexibility index (Phi) is 4.60. The minimum Gasteiger partial charge on any atom is -0.395 e. The Morgan fingerprint density at radius 3 is 2.53 bits per heavy atom. The molecule has 0 aliphatic rings. The first-order valence-electron chi connectivity index (χ1n) is 9.38. The quantitative estimate of drug-likeness (QED) is 0.331. The third-order valence-corrected chi connectivity index (χ3v) is 4.59. The number of nitrogens with zero attached hydrogens (tertiary/aromatic N) is 6. The van der Waals surface area contributed by atoms with Crippen molar-refractivity contribution in [2.45, 2.75) is 0 Å². The van der Waals surface area contributed by atoms with Crippen LogP contribution in [-0.4, -0.2) is 35.6 Å². The summed E-state index contributed by atoms with van der Waals surface area (Å²) >= 11 is 0. The highest BCUT2D eigenvalue weighted by molar-refractivity contribution is 6.02. The fraction of sp³-hybridized carbons (Fsp3) is 0. The van der Waals surface area contributed by atoms with E-state index in [4.69, 9.17) is 4.42 Å². The molecule has 5 rings (SSSR count). The third kappa shape index (κ3) is 3.54. The summed E-state index contributed by atoms with van der Waals surface area (Å²) in [4.78, 5) is 26.5. The molecule has 5 aromatic rings.